The first-order chi connectivity index (χ1) is 15.8. The number of rotatable bonds is 7. The van der Waals surface area contributed by atoms with Crippen LogP contribution < -0.4 is 10.5 Å². The van der Waals surface area contributed by atoms with Crippen LogP contribution in [0.3, 0.4) is 0 Å². The van der Waals surface area contributed by atoms with Crippen molar-refractivity contribution < 1.29 is 23.4 Å². The van der Waals surface area contributed by atoms with E-state index < -0.39 is 18.2 Å². The number of nitrogens with two attached hydrogens (primary N) is 1. The summed E-state index contributed by atoms with van der Waals surface area (Å²) < 4.78 is 31.8. The second-order valence-electron chi connectivity index (χ2n) is 8.25. The number of aromatic amines is 1. The third kappa shape index (κ3) is 4.62. The van der Waals surface area contributed by atoms with Gasteiger partial charge >= 0.3 is 0 Å². The summed E-state index contributed by atoms with van der Waals surface area (Å²) in [4.78, 5) is 22.8. The number of methoxy groups -OCH3 is 1. The van der Waals surface area contributed by atoms with E-state index in [4.69, 9.17) is 10.5 Å². The maximum Gasteiger partial charge on any atom is 0.254 e. The summed E-state index contributed by atoms with van der Waals surface area (Å²) in [7, 11) is 1.62. The lowest BCUT2D eigenvalue weighted by Crippen LogP contribution is -2.49. The highest BCUT2D eigenvalue weighted by atomic mass is 19.3. The van der Waals surface area contributed by atoms with Crippen molar-refractivity contribution in [1.82, 2.24) is 19.8 Å². The molecule has 1 aliphatic rings. The number of carbonyl (C=O) groups is 1. The van der Waals surface area contributed by atoms with E-state index in [9.17, 15) is 18.7 Å². The Morgan fingerprint density at radius 2 is 2.15 bits per heavy atom. The minimum atomic E-state index is -2.45. The standard InChI is InChI=1S/C23H27F2N5O3/c1-13-9-19(33-2)16(14-5-6-27-21(13)14)10-30-8-7-29(12-20(24)25)11-18(30)17-4-3-15(22(26)31)23(32)28-17/h3-6,9,18,20,27H,7-8,10-12H2,1-2H3,(H2,26,31)(H,28,32). The van der Waals surface area contributed by atoms with Crippen LogP contribution in [0.1, 0.15) is 33.2 Å². The zero-order valence-electron chi connectivity index (χ0n) is 18.5. The normalized spacial score (nSPS) is 17.7. The summed E-state index contributed by atoms with van der Waals surface area (Å²) in [5, 5.41) is 11.2. The van der Waals surface area contributed by atoms with Gasteiger partial charge in [0.15, 0.2) is 0 Å². The molecule has 0 radical (unpaired) electrons. The van der Waals surface area contributed by atoms with Crippen LogP contribution in [-0.4, -0.2) is 70.5 Å². The van der Waals surface area contributed by atoms with Crippen molar-refractivity contribution >= 4 is 16.8 Å². The van der Waals surface area contributed by atoms with E-state index in [0.29, 0.717) is 31.9 Å². The number of carbonyl (C=O) groups excluding carboxylic acids is 1. The van der Waals surface area contributed by atoms with Crippen LogP contribution in [0, 0.1) is 6.92 Å². The van der Waals surface area contributed by atoms with E-state index in [-0.39, 0.29) is 18.2 Å². The first-order valence-electron chi connectivity index (χ1n) is 10.7. The Labute approximate surface area is 190 Å². The number of piperazine rings is 1. The Kier molecular flexibility index (Phi) is 6.48. The van der Waals surface area contributed by atoms with Gasteiger partial charge in [0.05, 0.1) is 25.4 Å². The highest BCUT2D eigenvalue weighted by Gasteiger charge is 2.32. The topological polar surface area (TPSA) is 108 Å². The van der Waals surface area contributed by atoms with Gasteiger partial charge in [-0.25, -0.2) is 13.8 Å². The number of halogens is 2. The third-order valence-corrected chi connectivity index (χ3v) is 6.17. The number of H-pyrrole nitrogens is 1. The largest absolute Gasteiger partial charge is 0.496 e. The molecule has 8 nitrogen and oxygen atoms in total. The molecule has 4 N–H and O–H groups in total. The van der Waals surface area contributed by atoms with Gasteiger partial charge in [-0.3, -0.25) is 14.6 Å². The number of aryl methyl sites for hydroxylation is 1. The summed E-state index contributed by atoms with van der Waals surface area (Å²) in [6.45, 7) is 3.44. The van der Waals surface area contributed by atoms with Gasteiger partial charge < -0.3 is 20.6 Å². The molecule has 1 aromatic carbocycles. The Hall–Kier alpha value is -3.24. The van der Waals surface area contributed by atoms with Crippen LogP contribution in [0.5, 0.6) is 11.6 Å². The van der Waals surface area contributed by atoms with Crippen LogP contribution in [0.2, 0.25) is 0 Å². The van der Waals surface area contributed by atoms with Crippen LogP contribution in [-0.2, 0) is 6.54 Å². The lowest BCUT2D eigenvalue weighted by molar-refractivity contribution is 0.0232. The number of ether oxygens (including phenoxy) is 1. The fraction of sp³-hybridized carbons (Fsp3) is 0.391. The molecule has 0 spiro atoms. The van der Waals surface area contributed by atoms with Crippen molar-refractivity contribution in [3.8, 4) is 11.6 Å². The molecule has 33 heavy (non-hydrogen) atoms. The minimum Gasteiger partial charge on any atom is -0.496 e. The van der Waals surface area contributed by atoms with Gasteiger partial charge in [-0.05, 0) is 36.8 Å². The summed E-state index contributed by atoms with van der Waals surface area (Å²) in [5.41, 5.74) is 8.72. The summed E-state index contributed by atoms with van der Waals surface area (Å²) in [6, 6.07) is 6.61. The van der Waals surface area contributed by atoms with Gasteiger partial charge in [-0.15, -0.1) is 0 Å². The lowest BCUT2D eigenvalue weighted by atomic mass is 10.0. The number of primary amides is 1. The number of fused-ring (bicyclic) bond motifs is 1. The minimum absolute atomic E-state index is 0.0835. The molecular formula is C23H27F2N5O3. The van der Waals surface area contributed by atoms with Crippen molar-refractivity contribution in [1.29, 1.82) is 0 Å². The number of aromatic nitrogens is 2. The molecule has 10 heteroatoms. The Bertz CT molecular complexity index is 1170. The molecule has 1 aliphatic heterocycles. The van der Waals surface area contributed by atoms with E-state index in [1.165, 1.54) is 6.07 Å². The van der Waals surface area contributed by atoms with Gasteiger partial charge in [0.1, 0.15) is 11.3 Å². The quantitative estimate of drug-likeness (QED) is 0.502. The molecule has 0 bridgehead atoms. The van der Waals surface area contributed by atoms with Crippen LogP contribution in [0.25, 0.3) is 10.9 Å². The Morgan fingerprint density at radius 1 is 1.36 bits per heavy atom. The predicted molar refractivity (Wildman–Crippen MR) is 120 cm³/mol. The van der Waals surface area contributed by atoms with Gasteiger partial charge in [0, 0.05) is 48.8 Å². The SMILES string of the molecule is COc1cc(C)c2[nH]ccc2c1CN1CCN(CC(F)F)CC1c1ccc(C(N)=O)c(O)n1. The maximum absolute atomic E-state index is 13.1. The average Bonchev–Trinajstić information content (AvgIpc) is 3.26. The van der Waals surface area contributed by atoms with Crippen LogP contribution in [0.15, 0.2) is 30.5 Å². The number of hydrogen-bond donors (Lipinski definition) is 3. The fourth-order valence-electron chi connectivity index (χ4n) is 4.53. The third-order valence-electron chi connectivity index (χ3n) is 6.17. The van der Waals surface area contributed by atoms with Gasteiger partial charge in [0.2, 0.25) is 5.88 Å². The van der Waals surface area contributed by atoms with E-state index in [0.717, 1.165) is 27.8 Å². The lowest BCUT2D eigenvalue weighted by Gasteiger charge is -2.41. The molecule has 1 unspecified atom stereocenters. The molecule has 3 heterocycles. The molecule has 4 rings (SSSR count). The Morgan fingerprint density at radius 3 is 2.82 bits per heavy atom. The monoisotopic (exact) mass is 459 g/mol. The van der Waals surface area contributed by atoms with Crippen molar-refractivity contribution in [3.05, 3.63) is 52.8 Å². The summed E-state index contributed by atoms with van der Waals surface area (Å²) >= 11 is 0. The molecule has 1 fully saturated rings. The number of amides is 1. The van der Waals surface area contributed by atoms with Gasteiger partial charge in [-0.1, -0.05) is 0 Å². The second kappa shape index (κ2) is 9.32. The van der Waals surface area contributed by atoms with Gasteiger partial charge in [-0.2, -0.15) is 0 Å². The molecule has 2 aromatic heterocycles. The fourth-order valence-corrected chi connectivity index (χ4v) is 4.53. The van der Waals surface area contributed by atoms with Crippen molar-refractivity contribution in [3.63, 3.8) is 0 Å². The number of benzene rings is 1. The summed E-state index contributed by atoms with van der Waals surface area (Å²) in [6.07, 6.45) is -0.576. The molecule has 3 aromatic rings. The number of pyridine rings is 1. The Balaban J connectivity index is 1.71. The molecule has 1 saturated heterocycles. The van der Waals surface area contributed by atoms with Crippen molar-refractivity contribution in [2.24, 2.45) is 5.73 Å². The molecule has 1 amide bonds. The molecular weight excluding hydrogens is 432 g/mol. The zero-order valence-corrected chi connectivity index (χ0v) is 18.5. The van der Waals surface area contributed by atoms with Crippen LogP contribution in [0.4, 0.5) is 8.78 Å². The maximum atomic E-state index is 13.1. The molecule has 0 aliphatic carbocycles. The zero-order chi connectivity index (χ0) is 23.7. The second-order valence-corrected chi connectivity index (χ2v) is 8.25. The van der Waals surface area contributed by atoms with Crippen LogP contribution >= 0.6 is 0 Å². The molecule has 0 saturated carbocycles. The van der Waals surface area contributed by atoms with E-state index in [2.05, 4.69) is 14.9 Å². The number of aromatic hydroxyl groups is 1. The van der Waals surface area contributed by atoms with Crippen molar-refractivity contribution in [2.45, 2.75) is 25.9 Å². The average molecular weight is 459 g/mol. The highest BCUT2D eigenvalue weighted by molar-refractivity contribution is 5.94. The number of hydrogen-bond acceptors (Lipinski definition) is 6. The highest BCUT2D eigenvalue weighted by Crippen LogP contribution is 2.35. The van der Waals surface area contributed by atoms with E-state index in [1.54, 1.807) is 18.1 Å². The first kappa shape index (κ1) is 22.9. The first-order valence-corrected chi connectivity index (χ1v) is 10.7. The number of alkyl halides is 2. The smallest absolute Gasteiger partial charge is 0.254 e. The van der Waals surface area contributed by atoms with Gasteiger partial charge in [0.25, 0.3) is 12.3 Å². The molecule has 1 atom stereocenters. The summed E-state index contributed by atoms with van der Waals surface area (Å²) in [5.74, 6) is -0.509. The number of nitrogens with zero attached hydrogens (tertiary/aromatic N) is 3. The molecule has 176 valence electrons. The van der Waals surface area contributed by atoms with Crippen molar-refractivity contribution in [2.75, 3.05) is 33.3 Å². The predicted octanol–water partition coefficient (Wildman–Crippen LogP) is 2.81. The van der Waals surface area contributed by atoms with E-state index in [1.807, 2.05) is 25.3 Å². The van der Waals surface area contributed by atoms with E-state index >= 15 is 0 Å². The number of nitrogens with one attached hydrogen (secondary N) is 1.